The summed E-state index contributed by atoms with van der Waals surface area (Å²) in [7, 11) is 4.32. The number of hydrogen-bond donors (Lipinski definition) is 0. The summed E-state index contributed by atoms with van der Waals surface area (Å²) < 4.78 is 0. The number of fused-ring (bicyclic) bond motifs is 2. The zero-order valence-electron chi connectivity index (χ0n) is 15.5. The Morgan fingerprint density at radius 3 is 2.85 bits per heavy atom. The van der Waals surface area contributed by atoms with Gasteiger partial charge in [-0.3, -0.25) is 0 Å². The molecule has 0 unspecified atom stereocenters. The van der Waals surface area contributed by atoms with Crippen LogP contribution in [-0.2, 0) is 25.8 Å². The van der Waals surface area contributed by atoms with Crippen LogP contribution in [0.3, 0.4) is 0 Å². The van der Waals surface area contributed by atoms with E-state index >= 15 is 0 Å². The first-order valence-electron chi connectivity index (χ1n) is 9.53. The quantitative estimate of drug-likeness (QED) is 0.820. The highest BCUT2D eigenvalue weighted by molar-refractivity contribution is 5.53. The predicted molar refractivity (Wildman–Crippen MR) is 101 cm³/mol. The number of rotatable bonds is 3. The lowest BCUT2D eigenvalue weighted by molar-refractivity contribution is 0.308. The number of aryl methyl sites for hydroxylation is 2. The monoisotopic (exact) mass is 351 g/mol. The minimum atomic E-state index is 0.455. The van der Waals surface area contributed by atoms with Crippen molar-refractivity contribution in [3.8, 4) is 0 Å². The summed E-state index contributed by atoms with van der Waals surface area (Å²) in [5.41, 5.74) is 5.08. The minimum absolute atomic E-state index is 0.455. The SMILES string of the molecule is CN1CCc2ncnc(N(C)C3CN(c4cc5c(nn4)CCC5)C3)c2C1. The number of anilines is 2. The summed E-state index contributed by atoms with van der Waals surface area (Å²) >= 11 is 0. The Balaban J connectivity index is 1.31. The molecule has 26 heavy (non-hydrogen) atoms. The zero-order chi connectivity index (χ0) is 17.7. The Labute approximate surface area is 154 Å². The molecule has 0 N–H and O–H groups in total. The smallest absolute Gasteiger partial charge is 0.151 e. The zero-order valence-corrected chi connectivity index (χ0v) is 15.5. The highest BCUT2D eigenvalue weighted by Crippen LogP contribution is 2.30. The molecule has 0 spiro atoms. The number of likely N-dealkylation sites (N-methyl/N-ethyl adjacent to an activating group) is 2. The molecule has 2 aromatic rings. The fourth-order valence-corrected chi connectivity index (χ4v) is 4.30. The number of nitrogens with zero attached hydrogens (tertiary/aromatic N) is 7. The summed E-state index contributed by atoms with van der Waals surface area (Å²) in [6.45, 7) is 3.95. The molecule has 5 rings (SSSR count). The van der Waals surface area contributed by atoms with Gasteiger partial charge in [0.2, 0.25) is 0 Å². The number of aromatic nitrogens is 4. The van der Waals surface area contributed by atoms with Crippen molar-refractivity contribution >= 4 is 11.6 Å². The van der Waals surface area contributed by atoms with Crippen LogP contribution in [0.25, 0.3) is 0 Å². The van der Waals surface area contributed by atoms with Crippen LogP contribution < -0.4 is 9.80 Å². The molecule has 0 atom stereocenters. The van der Waals surface area contributed by atoms with Gasteiger partial charge in [-0.2, -0.15) is 5.10 Å². The molecule has 0 bridgehead atoms. The standard InChI is InChI=1S/C19H25N7/c1-24-7-6-17-15(11-24)19(21-12-20-17)25(2)14-9-26(10-14)18-8-13-4-3-5-16(13)22-23-18/h8,12,14H,3-7,9-11H2,1-2H3. The van der Waals surface area contributed by atoms with Gasteiger partial charge >= 0.3 is 0 Å². The van der Waals surface area contributed by atoms with Gasteiger partial charge in [0.05, 0.1) is 17.4 Å². The molecule has 0 saturated carbocycles. The van der Waals surface area contributed by atoms with E-state index in [0.29, 0.717) is 6.04 Å². The van der Waals surface area contributed by atoms with Gasteiger partial charge in [-0.25, -0.2) is 9.97 Å². The van der Waals surface area contributed by atoms with Gasteiger partial charge in [0.25, 0.3) is 0 Å². The Morgan fingerprint density at radius 2 is 1.96 bits per heavy atom. The Morgan fingerprint density at radius 1 is 1.08 bits per heavy atom. The molecule has 4 heterocycles. The van der Waals surface area contributed by atoms with Crippen LogP contribution in [-0.4, -0.2) is 64.8 Å². The second-order valence-corrected chi connectivity index (χ2v) is 7.81. The summed E-state index contributed by atoms with van der Waals surface area (Å²) in [5, 5.41) is 8.87. The van der Waals surface area contributed by atoms with Crippen molar-refractivity contribution < 1.29 is 0 Å². The summed E-state index contributed by atoms with van der Waals surface area (Å²) in [5.74, 6) is 2.12. The third-order valence-corrected chi connectivity index (χ3v) is 6.05. The molecule has 0 aromatic carbocycles. The molecule has 7 heteroatoms. The van der Waals surface area contributed by atoms with Crippen LogP contribution in [0.2, 0.25) is 0 Å². The van der Waals surface area contributed by atoms with Crippen molar-refractivity contribution in [2.45, 2.75) is 38.3 Å². The fourth-order valence-electron chi connectivity index (χ4n) is 4.30. The lowest BCUT2D eigenvalue weighted by atomic mass is 10.0. The van der Waals surface area contributed by atoms with E-state index in [1.54, 1.807) is 6.33 Å². The van der Waals surface area contributed by atoms with E-state index in [4.69, 9.17) is 0 Å². The maximum absolute atomic E-state index is 4.62. The Hall–Kier alpha value is -2.28. The van der Waals surface area contributed by atoms with E-state index in [9.17, 15) is 0 Å². The predicted octanol–water partition coefficient (Wildman–Crippen LogP) is 1.07. The molecule has 2 aromatic heterocycles. The van der Waals surface area contributed by atoms with Crippen LogP contribution in [0, 0.1) is 0 Å². The molecule has 1 aliphatic carbocycles. The van der Waals surface area contributed by atoms with E-state index in [-0.39, 0.29) is 0 Å². The van der Waals surface area contributed by atoms with Crippen LogP contribution in [0.4, 0.5) is 11.6 Å². The van der Waals surface area contributed by atoms with Gasteiger partial charge in [-0.1, -0.05) is 0 Å². The average Bonchev–Trinajstić information content (AvgIpc) is 3.07. The van der Waals surface area contributed by atoms with E-state index < -0.39 is 0 Å². The highest BCUT2D eigenvalue weighted by atomic mass is 15.4. The van der Waals surface area contributed by atoms with Crippen molar-refractivity contribution in [2.75, 3.05) is 43.5 Å². The second-order valence-electron chi connectivity index (χ2n) is 7.81. The molecule has 2 aliphatic heterocycles. The molecule has 1 fully saturated rings. The van der Waals surface area contributed by atoms with E-state index in [1.165, 1.54) is 28.9 Å². The van der Waals surface area contributed by atoms with Crippen molar-refractivity contribution in [1.29, 1.82) is 0 Å². The highest BCUT2D eigenvalue weighted by Gasteiger charge is 2.34. The van der Waals surface area contributed by atoms with E-state index in [1.807, 2.05) is 0 Å². The minimum Gasteiger partial charge on any atom is -0.353 e. The van der Waals surface area contributed by atoms with Gasteiger partial charge in [-0.15, -0.1) is 5.10 Å². The van der Waals surface area contributed by atoms with Crippen molar-refractivity contribution in [3.05, 3.63) is 34.9 Å². The van der Waals surface area contributed by atoms with Crippen LogP contribution in [0.5, 0.6) is 0 Å². The summed E-state index contributed by atoms with van der Waals surface area (Å²) in [6.07, 6.45) is 6.18. The topological polar surface area (TPSA) is 61.3 Å². The molecule has 0 radical (unpaired) electrons. The summed E-state index contributed by atoms with van der Waals surface area (Å²) in [4.78, 5) is 16.1. The number of hydrogen-bond acceptors (Lipinski definition) is 7. The molecule has 7 nitrogen and oxygen atoms in total. The fraction of sp³-hybridized carbons (Fsp3) is 0.579. The van der Waals surface area contributed by atoms with Crippen molar-refractivity contribution in [2.24, 2.45) is 0 Å². The molecule has 136 valence electrons. The van der Waals surface area contributed by atoms with Crippen LogP contribution in [0.1, 0.15) is 28.9 Å². The van der Waals surface area contributed by atoms with Crippen molar-refractivity contribution in [1.82, 2.24) is 25.1 Å². The van der Waals surface area contributed by atoms with Gasteiger partial charge in [0, 0.05) is 45.2 Å². The van der Waals surface area contributed by atoms with Gasteiger partial charge in [-0.05, 0) is 37.9 Å². The molecular weight excluding hydrogens is 326 g/mol. The van der Waals surface area contributed by atoms with E-state index in [0.717, 1.165) is 57.1 Å². The Bertz CT molecular complexity index is 831. The lowest BCUT2D eigenvalue weighted by Crippen LogP contribution is -2.59. The Kier molecular flexibility index (Phi) is 3.77. The van der Waals surface area contributed by atoms with Crippen LogP contribution in [0.15, 0.2) is 12.4 Å². The van der Waals surface area contributed by atoms with Gasteiger partial charge < -0.3 is 14.7 Å². The average molecular weight is 351 g/mol. The normalized spacial score (nSPS) is 19.8. The lowest BCUT2D eigenvalue weighted by Gasteiger charge is -2.45. The maximum atomic E-state index is 4.62. The first kappa shape index (κ1) is 15.9. The van der Waals surface area contributed by atoms with Gasteiger partial charge in [0.1, 0.15) is 12.1 Å². The summed E-state index contributed by atoms with van der Waals surface area (Å²) in [6, 6.07) is 2.70. The van der Waals surface area contributed by atoms with Crippen LogP contribution >= 0.6 is 0 Å². The molecule has 0 amide bonds. The third kappa shape index (κ3) is 2.61. The molecule has 3 aliphatic rings. The van der Waals surface area contributed by atoms with E-state index in [2.05, 4.69) is 55.0 Å². The van der Waals surface area contributed by atoms with Crippen molar-refractivity contribution in [3.63, 3.8) is 0 Å². The maximum Gasteiger partial charge on any atom is 0.151 e. The first-order chi connectivity index (χ1) is 12.7. The largest absolute Gasteiger partial charge is 0.353 e. The second kappa shape index (κ2) is 6.16. The first-order valence-corrected chi connectivity index (χ1v) is 9.53. The third-order valence-electron chi connectivity index (χ3n) is 6.05. The molecular formula is C19H25N7. The molecule has 1 saturated heterocycles. The van der Waals surface area contributed by atoms with Gasteiger partial charge in [0.15, 0.2) is 5.82 Å².